The molecule has 2 aliphatic heterocycles. The number of hydrogen-bond acceptors (Lipinski definition) is 7. The van der Waals surface area contributed by atoms with Crippen molar-refractivity contribution in [2.75, 3.05) is 32.8 Å². The van der Waals surface area contributed by atoms with E-state index in [9.17, 15) is 10.1 Å². The maximum absolute atomic E-state index is 12.7. The van der Waals surface area contributed by atoms with Gasteiger partial charge in [-0.1, -0.05) is 6.07 Å². The fraction of sp³-hybridized carbons (Fsp3) is 0.370. The third-order valence-corrected chi connectivity index (χ3v) is 7.21. The van der Waals surface area contributed by atoms with E-state index in [-0.39, 0.29) is 18.2 Å². The van der Waals surface area contributed by atoms with Gasteiger partial charge in [-0.3, -0.25) is 9.67 Å². The van der Waals surface area contributed by atoms with Gasteiger partial charge in [0.05, 0.1) is 29.2 Å². The molecule has 0 spiro atoms. The van der Waals surface area contributed by atoms with Crippen LogP contribution in [0.1, 0.15) is 30.2 Å². The summed E-state index contributed by atoms with van der Waals surface area (Å²) < 4.78 is 9.53. The zero-order chi connectivity index (χ0) is 26.1. The first-order valence-corrected chi connectivity index (χ1v) is 12.8. The second kappa shape index (κ2) is 10.2. The average molecular weight is 512 g/mol. The Hall–Kier alpha value is -4.27. The number of ether oxygens (including phenoxy) is 1. The van der Waals surface area contributed by atoms with Crippen LogP contribution in [0.5, 0.6) is 0 Å². The van der Waals surface area contributed by atoms with E-state index in [1.165, 1.54) is 0 Å². The van der Waals surface area contributed by atoms with Crippen LogP contribution in [-0.2, 0) is 11.8 Å². The van der Waals surface area contributed by atoms with Crippen molar-refractivity contribution in [3.05, 3.63) is 60.4 Å². The summed E-state index contributed by atoms with van der Waals surface area (Å²) in [5, 5.41) is 24.8. The van der Waals surface area contributed by atoms with E-state index in [1.54, 1.807) is 21.6 Å². The number of amides is 2. The summed E-state index contributed by atoms with van der Waals surface area (Å²) in [6.07, 6.45) is 10.3. The van der Waals surface area contributed by atoms with E-state index < -0.39 is 0 Å². The lowest BCUT2D eigenvalue weighted by Gasteiger charge is -2.33. The van der Waals surface area contributed by atoms with Crippen molar-refractivity contribution in [3.8, 4) is 28.3 Å². The maximum atomic E-state index is 12.7. The van der Waals surface area contributed by atoms with Gasteiger partial charge in [0.15, 0.2) is 0 Å². The van der Waals surface area contributed by atoms with Crippen molar-refractivity contribution in [2.45, 2.75) is 25.0 Å². The van der Waals surface area contributed by atoms with Crippen LogP contribution in [0.25, 0.3) is 27.8 Å². The second-order valence-electron chi connectivity index (χ2n) is 9.75. The molecular formula is C27H29N9O2. The number of nitrogens with one attached hydrogen (secondary N) is 2. The van der Waals surface area contributed by atoms with Gasteiger partial charge in [-0.25, -0.2) is 9.31 Å². The highest BCUT2D eigenvalue weighted by molar-refractivity contribution is 5.87. The molecular weight excluding hydrogens is 482 g/mol. The molecule has 2 unspecified atom stereocenters. The van der Waals surface area contributed by atoms with E-state index >= 15 is 0 Å². The Bertz CT molecular complexity index is 1500. The molecule has 0 aromatic carbocycles. The maximum Gasteiger partial charge on any atom is 0.317 e. The molecule has 2 amide bonds. The quantitative estimate of drug-likeness (QED) is 0.431. The standard InChI is InChI=1S/C27H29N9O2/c1-34-16-21(15-31-34)19-10-23(26-20(12-28)14-32-36(26)17-19)18-2-3-24(30-13-18)25-11-22(4-9-38-25)33-27(37)35-7-5-29-6-8-35/h2-3,10,13-17,22,25,29H,4-9,11H2,1H3,(H,33,37). The van der Waals surface area contributed by atoms with E-state index in [0.717, 1.165) is 66.1 Å². The molecule has 2 atom stereocenters. The lowest BCUT2D eigenvalue weighted by molar-refractivity contribution is -0.00104. The molecule has 0 saturated carbocycles. The van der Waals surface area contributed by atoms with Gasteiger partial charge in [0.25, 0.3) is 0 Å². The average Bonchev–Trinajstić information content (AvgIpc) is 3.59. The minimum absolute atomic E-state index is 0.00734. The summed E-state index contributed by atoms with van der Waals surface area (Å²) in [5.41, 5.74) is 5.70. The molecule has 0 radical (unpaired) electrons. The first kappa shape index (κ1) is 24.1. The Morgan fingerprint density at radius 1 is 1.13 bits per heavy atom. The molecule has 6 rings (SSSR count). The van der Waals surface area contributed by atoms with E-state index in [4.69, 9.17) is 9.72 Å². The number of fused-ring (bicyclic) bond motifs is 1. The number of rotatable bonds is 4. The number of urea groups is 1. The summed E-state index contributed by atoms with van der Waals surface area (Å²) in [4.78, 5) is 19.3. The number of hydrogen-bond donors (Lipinski definition) is 2. The van der Waals surface area contributed by atoms with Crippen LogP contribution in [0.4, 0.5) is 4.79 Å². The van der Waals surface area contributed by atoms with Crippen LogP contribution in [0.2, 0.25) is 0 Å². The van der Waals surface area contributed by atoms with Gasteiger partial charge in [0.2, 0.25) is 0 Å². The largest absolute Gasteiger partial charge is 0.372 e. The number of piperazine rings is 1. The molecule has 11 nitrogen and oxygen atoms in total. The Labute approximate surface area is 220 Å². The lowest BCUT2D eigenvalue weighted by atomic mass is 9.98. The Balaban J connectivity index is 1.24. The predicted octanol–water partition coefficient (Wildman–Crippen LogP) is 2.50. The first-order chi connectivity index (χ1) is 18.6. The van der Waals surface area contributed by atoms with Crippen LogP contribution in [0, 0.1) is 11.3 Å². The number of carbonyl (C=O) groups excluding carboxylic acids is 1. The van der Waals surface area contributed by atoms with E-state index in [1.807, 2.05) is 48.7 Å². The topological polar surface area (TPSA) is 125 Å². The van der Waals surface area contributed by atoms with Crippen molar-refractivity contribution < 1.29 is 9.53 Å². The van der Waals surface area contributed by atoms with Gasteiger partial charge in [0, 0.05) is 86.7 Å². The highest BCUT2D eigenvalue weighted by atomic mass is 16.5. The monoisotopic (exact) mass is 511 g/mol. The fourth-order valence-corrected chi connectivity index (χ4v) is 5.17. The van der Waals surface area contributed by atoms with Crippen LogP contribution in [0.15, 0.2) is 49.2 Å². The highest BCUT2D eigenvalue weighted by Gasteiger charge is 2.28. The fourth-order valence-electron chi connectivity index (χ4n) is 5.17. The third kappa shape index (κ3) is 4.71. The smallest absolute Gasteiger partial charge is 0.317 e. The third-order valence-electron chi connectivity index (χ3n) is 7.21. The lowest BCUT2D eigenvalue weighted by Crippen LogP contribution is -2.53. The SMILES string of the molecule is Cn1cc(-c2cc(-c3ccc(C4CC(NC(=O)N5CCNCC5)CCO4)nc3)c3c(C#N)cnn3c2)cn1. The zero-order valence-corrected chi connectivity index (χ0v) is 21.2. The Morgan fingerprint density at radius 2 is 2.00 bits per heavy atom. The normalized spacial score (nSPS) is 19.8. The van der Waals surface area contributed by atoms with Gasteiger partial charge in [0.1, 0.15) is 12.2 Å². The molecule has 2 N–H and O–H groups in total. The molecule has 11 heteroatoms. The number of aryl methyl sites for hydroxylation is 1. The summed E-state index contributed by atoms with van der Waals surface area (Å²) >= 11 is 0. The van der Waals surface area contributed by atoms with Crippen molar-refractivity contribution in [2.24, 2.45) is 7.05 Å². The van der Waals surface area contributed by atoms with Crippen molar-refractivity contribution in [1.82, 2.24) is 39.9 Å². The van der Waals surface area contributed by atoms with Gasteiger partial charge < -0.3 is 20.3 Å². The molecule has 2 fully saturated rings. The number of aromatic nitrogens is 5. The van der Waals surface area contributed by atoms with Crippen LogP contribution >= 0.6 is 0 Å². The summed E-state index contributed by atoms with van der Waals surface area (Å²) in [6.45, 7) is 3.66. The zero-order valence-electron chi connectivity index (χ0n) is 21.2. The van der Waals surface area contributed by atoms with Gasteiger partial charge in [-0.15, -0.1) is 0 Å². The highest BCUT2D eigenvalue weighted by Crippen LogP contribution is 2.33. The van der Waals surface area contributed by atoms with Crippen LogP contribution in [0.3, 0.4) is 0 Å². The molecule has 2 aliphatic rings. The Kier molecular flexibility index (Phi) is 6.49. The second-order valence-corrected chi connectivity index (χ2v) is 9.75. The minimum atomic E-state index is -0.197. The molecule has 6 heterocycles. The van der Waals surface area contributed by atoms with Crippen LogP contribution < -0.4 is 10.6 Å². The van der Waals surface area contributed by atoms with Gasteiger partial charge in [-0.2, -0.15) is 15.5 Å². The molecule has 0 bridgehead atoms. The minimum Gasteiger partial charge on any atom is -0.372 e. The van der Waals surface area contributed by atoms with Crippen LogP contribution in [-0.4, -0.2) is 74.1 Å². The molecule has 4 aromatic rings. The predicted molar refractivity (Wildman–Crippen MR) is 140 cm³/mol. The van der Waals surface area contributed by atoms with Crippen molar-refractivity contribution >= 4 is 11.5 Å². The molecule has 2 saturated heterocycles. The summed E-state index contributed by atoms with van der Waals surface area (Å²) in [5.74, 6) is 0. The van der Waals surface area contributed by atoms with Crippen molar-refractivity contribution in [3.63, 3.8) is 0 Å². The number of nitrogens with zero attached hydrogens (tertiary/aromatic N) is 7. The molecule has 4 aromatic heterocycles. The molecule has 194 valence electrons. The van der Waals surface area contributed by atoms with Crippen molar-refractivity contribution in [1.29, 1.82) is 5.26 Å². The molecule has 38 heavy (non-hydrogen) atoms. The first-order valence-electron chi connectivity index (χ1n) is 12.8. The van der Waals surface area contributed by atoms with E-state index in [2.05, 4.69) is 26.9 Å². The van der Waals surface area contributed by atoms with Gasteiger partial charge >= 0.3 is 6.03 Å². The number of carbonyl (C=O) groups is 1. The molecule has 0 aliphatic carbocycles. The van der Waals surface area contributed by atoms with E-state index in [0.29, 0.717) is 18.6 Å². The number of nitriles is 1. The summed E-state index contributed by atoms with van der Waals surface area (Å²) in [6, 6.07) is 8.30. The Morgan fingerprint density at radius 3 is 2.74 bits per heavy atom. The van der Waals surface area contributed by atoms with Gasteiger partial charge in [-0.05, 0) is 25.0 Å². The summed E-state index contributed by atoms with van der Waals surface area (Å²) in [7, 11) is 1.88. The number of pyridine rings is 2.